The van der Waals surface area contributed by atoms with E-state index in [1.54, 1.807) is 66.7 Å². The highest BCUT2D eigenvalue weighted by Crippen LogP contribution is 2.23. The van der Waals surface area contributed by atoms with Gasteiger partial charge in [-0.2, -0.15) is 0 Å². The fourth-order valence-electron chi connectivity index (χ4n) is 3.03. The fraction of sp³-hybridized carbons (Fsp3) is 0. The van der Waals surface area contributed by atoms with E-state index in [4.69, 9.17) is 11.6 Å². The summed E-state index contributed by atoms with van der Waals surface area (Å²) in [7, 11) is 0. The Hall–Kier alpha value is -3.42. The number of rotatable bonds is 4. The van der Waals surface area contributed by atoms with Crippen LogP contribution in [0.15, 0.2) is 82.1 Å². The molecule has 154 valence electrons. The maximum Gasteiger partial charge on any atom is 0.261 e. The number of nitrogens with one attached hydrogen (secondary N) is 3. The lowest BCUT2D eigenvalue weighted by atomic mass is 10.1. The van der Waals surface area contributed by atoms with E-state index in [1.807, 2.05) is 0 Å². The fourth-order valence-corrected chi connectivity index (χ4v) is 3.42. The summed E-state index contributed by atoms with van der Waals surface area (Å²) in [5.41, 5.74) is 1.35. The third-order valence-corrected chi connectivity index (χ3v) is 5.37. The van der Waals surface area contributed by atoms with Crippen LogP contribution in [0, 0.1) is 0 Å². The molecule has 4 aromatic rings. The molecule has 8 heteroatoms. The van der Waals surface area contributed by atoms with Crippen molar-refractivity contribution in [3.63, 3.8) is 0 Å². The lowest BCUT2D eigenvalue weighted by Crippen LogP contribution is -2.23. The number of carbonyl (C=O) groups excluding carboxylic acids is 2. The lowest BCUT2D eigenvalue weighted by Gasteiger charge is -2.11. The van der Waals surface area contributed by atoms with Gasteiger partial charge in [0, 0.05) is 26.1 Å². The van der Waals surface area contributed by atoms with Gasteiger partial charge in [0.05, 0.1) is 11.2 Å². The number of carbonyl (C=O) groups is 2. The highest BCUT2D eigenvalue weighted by molar-refractivity contribution is 9.10. The smallest absolute Gasteiger partial charge is 0.261 e. The number of benzene rings is 3. The lowest BCUT2D eigenvalue weighted by molar-refractivity contribution is 0.101. The summed E-state index contributed by atoms with van der Waals surface area (Å²) in [5, 5.41) is 6.58. The number of amides is 2. The van der Waals surface area contributed by atoms with Gasteiger partial charge in [-0.25, -0.2) is 0 Å². The van der Waals surface area contributed by atoms with Gasteiger partial charge in [0.25, 0.3) is 17.4 Å². The van der Waals surface area contributed by atoms with Gasteiger partial charge in [-0.05, 0) is 66.7 Å². The molecule has 0 unspecified atom stereocenters. The third-order valence-electron chi connectivity index (χ3n) is 4.59. The number of pyridine rings is 1. The van der Waals surface area contributed by atoms with Gasteiger partial charge in [-0.15, -0.1) is 0 Å². The van der Waals surface area contributed by atoms with E-state index in [2.05, 4.69) is 31.5 Å². The van der Waals surface area contributed by atoms with Crippen molar-refractivity contribution in [2.45, 2.75) is 0 Å². The number of halogens is 2. The van der Waals surface area contributed by atoms with E-state index in [0.29, 0.717) is 32.9 Å². The second-order valence-electron chi connectivity index (χ2n) is 6.70. The minimum Gasteiger partial charge on any atom is -0.322 e. The van der Waals surface area contributed by atoms with Crippen LogP contribution in [-0.4, -0.2) is 16.8 Å². The normalized spacial score (nSPS) is 10.6. The second kappa shape index (κ2) is 8.75. The average molecular weight is 497 g/mol. The van der Waals surface area contributed by atoms with Gasteiger partial charge in [0.2, 0.25) is 0 Å². The molecule has 3 aromatic carbocycles. The molecule has 0 fully saturated rings. The summed E-state index contributed by atoms with van der Waals surface area (Å²) in [6.07, 6.45) is 0. The molecular formula is C23H15BrClN3O3. The van der Waals surface area contributed by atoms with Crippen LogP contribution in [0.5, 0.6) is 0 Å². The van der Waals surface area contributed by atoms with E-state index in [1.165, 1.54) is 6.07 Å². The summed E-state index contributed by atoms with van der Waals surface area (Å²) in [6, 6.07) is 20.1. The van der Waals surface area contributed by atoms with Gasteiger partial charge in [-0.1, -0.05) is 33.6 Å². The minimum absolute atomic E-state index is 0.0761. The molecule has 0 aliphatic rings. The predicted octanol–water partition coefficient (Wildman–Crippen LogP) is 5.45. The molecule has 0 saturated heterocycles. The van der Waals surface area contributed by atoms with Gasteiger partial charge in [-0.3, -0.25) is 14.4 Å². The van der Waals surface area contributed by atoms with Crippen LogP contribution in [0.3, 0.4) is 0 Å². The number of anilines is 2. The molecule has 0 radical (unpaired) electrons. The Bertz CT molecular complexity index is 1350. The third kappa shape index (κ3) is 4.68. The van der Waals surface area contributed by atoms with Crippen LogP contribution in [-0.2, 0) is 0 Å². The maximum absolute atomic E-state index is 12.7. The molecule has 4 rings (SSSR count). The number of aromatic nitrogens is 1. The highest BCUT2D eigenvalue weighted by Gasteiger charge is 2.15. The molecular weight excluding hydrogens is 482 g/mol. The van der Waals surface area contributed by atoms with E-state index in [0.717, 1.165) is 4.47 Å². The Labute approximate surface area is 190 Å². The van der Waals surface area contributed by atoms with Gasteiger partial charge < -0.3 is 15.6 Å². The number of hydrogen-bond acceptors (Lipinski definition) is 3. The van der Waals surface area contributed by atoms with Gasteiger partial charge >= 0.3 is 0 Å². The zero-order valence-electron chi connectivity index (χ0n) is 15.9. The Balaban J connectivity index is 1.67. The second-order valence-corrected chi connectivity index (χ2v) is 8.05. The van der Waals surface area contributed by atoms with Crippen molar-refractivity contribution in [2.24, 2.45) is 0 Å². The zero-order chi connectivity index (χ0) is 22.0. The first-order valence-electron chi connectivity index (χ1n) is 9.20. The van der Waals surface area contributed by atoms with Crippen molar-refractivity contribution in [3.8, 4) is 0 Å². The van der Waals surface area contributed by atoms with Crippen molar-refractivity contribution in [1.29, 1.82) is 0 Å². The summed E-state index contributed by atoms with van der Waals surface area (Å²) < 4.78 is 0.864. The van der Waals surface area contributed by atoms with Crippen molar-refractivity contribution in [2.75, 3.05) is 10.6 Å². The zero-order valence-corrected chi connectivity index (χ0v) is 18.3. The Morgan fingerprint density at radius 2 is 1.58 bits per heavy atom. The molecule has 0 aliphatic heterocycles. The Kier molecular flexibility index (Phi) is 5.88. The first-order valence-corrected chi connectivity index (χ1v) is 10.4. The van der Waals surface area contributed by atoms with Gasteiger partial charge in [0.15, 0.2) is 0 Å². The molecule has 31 heavy (non-hydrogen) atoms. The van der Waals surface area contributed by atoms with Crippen LogP contribution in [0.25, 0.3) is 10.9 Å². The summed E-state index contributed by atoms with van der Waals surface area (Å²) >= 11 is 9.20. The van der Waals surface area contributed by atoms with Crippen molar-refractivity contribution >= 4 is 61.6 Å². The molecule has 6 nitrogen and oxygen atoms in total. The summed E-state index contributed by atoms with van der Waals surface area (Å²) in [4.78, 5) is 40.5. The maximum atomic E-state index is 12.7. The summed E-state index contributed by atoms with van der Waals surface area (Å²) in [5.74, 6) is -0.877. The summed E-state index contributed by atoms with van der Waals surface area (Å²) in [6.45, 7) is 0. The number of hydrogen-bond donors (Lipinski definition) is 3. The first kappa shape index (κ1) is 20.8. The molecule has 2 amide bonds. The van der Waals surface area contributed by atoms with Crippen LogP contribution in [0.2, 0.25) is 5.02 Å². The molecule has 1 aromatic heterocycles. The van der Waals surface area contributed by atoms with E-state index < -0.39 is 11.5 Å². The van der Waals surface area contributed by atoms with Gasteiger partial charge in [0.1, 0.15) is 5.56 Å². The quantitative estimate of drug-likeness (QED) is 0.351. The van der Waals surface area contributed by atoms with E-state index >= 15 is 0 Å². The van der Waals surface area contributed by atoms with Crippen molar-refractivity contribution in [3.05, 3.63) is 104 Å². The molecule has 0 bridgehead atoms. The van der Waals surface area contributed by atoms with E-state index in [-0.39, 0.29) is 11.5 Å². The number of fused-ring (bicyclic) bond motifs is 1. The molecule has 0 aliphatic carbocycles. The van der Waals surface area contributed by atoms with E-state index in [9.17, 15) is 14.4 Å². The van der Waals surface area contributed by atoms with Crippen LogP contribution >= 0.6 is 27.5 Å². The Morgan fingerprint density at radius 1 is 0.871 bits per heavy atom. The largest absolute Gasteiger partial charge is 0.322 e. The van der Waals surface area contributed by atoms with Crippen molar-refractivity contribution in [1.82, 2.24) is 4.98 Å². The topological polar surface area (TPSA) is 91.1 Å². The molecule has 0 spiro atoms. The van der Waals surface area contributed by atoms with Crippen LogP contribution in [0.4, 0.5) is 11.4 Å². The molecule has 0 atom stereocenters. The molecule has 1 heterocycles. The average Bonchev–Trinajstić information content (AvgIpc) is 2.75. The highest BCUT2D eigenvalue weighted by atomic mass is 79.9. The number of aromatic amines is 1. The van der Waals surface area contributed by atoms with Crippen molar-refractivity contribution < 1.29 is 9.59 Å². The minimum atomic E-state index is -0.570. The standard InChI is InChI=1S/C23H15BrClN3O3/c24-14-6-4-13(5-7-14)21(29)27-19-2-1-3-20-17(19)12-18(23(31)28-20)22(30)26-16-10-8-15(25)9-11-16/h1-12H,(H,26,30)(H,27,29)(H,28,31). The SMILES string of the molecule is O=C(Nc1cccc2[nH]c(=O)c(C(=O)Nc3ccc(Cl)cc3)cc12)c1ccc(Br)cc1. The Morgan fingerprint density at radius 3 is 2.29 bits per heavy atom. The number of H-pyrrole nitrogens is 1. The monoisotopic (exact) mass is 495 g/mol. The predicted molar refractivity (Wildman–Crippen MR) is 126 cm³/mol. The van der Waals surface area contributed by atoms with Crippen LogP contribution in [0.1, 0.15) is 20.7 Å². The van der Waals surface area contributed by atoms with Crippen LogP contribution < -0.4 is 16.2 Å². The molecule has 3 N–H and O–H groups in total. The molecule has 0 saturated carbocycles. The first-order chi connectivity index (χ1) is 14.9.